The number of benzene rings is 7. The molecular formula is C57H56N8O4. The lowest BCUT2D eigenvalue weighted by molar-refractivity contribution is 0.0877. The van der Waals surface area contributed by atoms with E-state index in [1.54, 1.807) is 34.9 Å². The number of aromatic nitrogens is 3. The SMILES string of the molecule is CC(=N)c1cc2c3c(ccc4c5c(-c6nc(N(C)C)nc(N(C)C)n6)cc6c7c(ccc(c1c34)c75)C(=O)N(c1c(C(C)C)cccc1C(C)C)C6=O)C(=O)N(c1c(C(C)C)cccc1C(C)C)C2=O. The molecule has 2 aliphatic rings. The van der Waals surface area contributed by atoms with Gasteiger partial charge in [-0.15, -0.1) is 0 Å². The van der Waals surface area contributed by atoms with Crippen LogP contribution in [0.1, 0.15) is 155 Å². The quantitative estimate of drug-likeness (QED) is 0.0613. The molecule has 0 atom stereocenters. The molecule has 10 rings (SSSR count). The van der Waals surface area contributed by atoms with Crippen LogP contribution in [0.2, 0.25) is 0 Å². The molecule has 4 amide bonds. The van der Waals surface area contributed by atoms with E-state index in [2.05, 4.69) is 55.4 Å². The number of anilines is 4. The van der Waals surface area contributed by atoms with Gasteiger partial charge >= 0.3 is 0 Å². The van der Waals surface area contributed by atoms with E-state index < -0.39 is 23.6 Å². The van der Waals surface area contributed by atoms with Crippen LogP contribution in [0, 0.1) is 5.41 Å². The van der Waals surface area contributed by atoms with Gasteiger partial charge in [-0.05, 0) is 104 Å². The number of nitrogens with one attached hydrogen (secondary N) is 1. The first kappa shape index (κ1) is 45.2. The number of fused-ring (bicyclic) bond motifs is 2. The van der Waals surface area contributed by atoms with E-state index in [0.717, 1.165) is 22.3 Å². The second kappa shape index (κ2) is 16.0. The highest BCUT2D eigenvalue weighted by Crippen LogP contribution is 2.52. The Bertz CT molecular complexity index is 3530. The average molecular weight is 917 g/mol. The molecule has 0 bridgehead atoms. The van der Waals surface area contributed by atoms with Gasteiger partial charge in [0.25, 0.3) is 23.6 Å². The predicted octanol–water partition coefficient (Wildman–Crippen LogP) is 12.2. The summed E-state index contributed by atoms with van der Waals surface area (Å²) < 4.78 is 0. The molecule has 12 nitrogen and oxygen atoms in total. The zero-order chi connectivity index (χ0) is 49.4. The van der Waals surface area contributed by atoms with Gasteiger partial charge in [0.2, 0.25) is 11.9 Å². The number of rotatable bonds is 10. The lowest BCUT2D eigenvalue weighted by Gasteiger charge is -2.34. The van der Waals surface area contributed by atoms with Crippen molar-refractivity contribution in [3.8, 4) is 11.4 Å². The zero-order valence-corrected chi connectivity index (χ0v) is 41.5. The van der Waals surface area contributed by atoms with Crippen LogP contribution in [0.4, 0.5) is 23.3 Å². The predicted molar refractivity (Wildman–Crippen MR) is 279 cm³/mol. The molecule has 0 aliphatic carbocycles. The van der Waals surface area contributed by atoms with Gasteiger partial charge in [0.15, 0.2) is 5.82 Å². The molecule has 3 heterocycles. The van der Waals surface area contributed by atoms with Crippen LogP contribution in [0.25, 0.3) is 54.5 Å². The van der Waals surface area contributed by atoms with Gasteiger partial charge in [-0.1, -0.05) is 104 Å². The molecule has 0 saturated heterocycles. The Morgan fingerprint density at radius 3 is 1.23 bits per heavy atom. The number of amides is 4. The van der Waals surface area contributed by atoms with Gasteiger partial charge in [-0.3, -0.25) is 19.2 Å². The average Bonchev–Trinajstić information content (AvgIpc) is 3.31. The number of hydrogen-bond donors (Lipinski definition) is 1. The van der Waals surface area contributed by atoms with E-state index in [-0.39, 0.29) is 29.4 Å². The second-order valence-corrected chi connectivity index (χ2v) is 20.3. The van der Waals surface area contributed by atoms with Crippen LogP contribution in [-0.4, -0.2) is 72.5 Å². The number of imide groups is 2. The lowest BCUT2D eigenvalue weighted by atomic mass is 9.78. The Labute approximate surface area is 401 Å². The second-order valence-electron chi connectivity index (χ2n) is 20.3. The van der Waals surface area contributed by atoms with Crippen LogP contribution >= 0.6 is 0 Å². The van der Waals surface area contributed by atoms with Crippen molar-refractivity contribution in [2.45, 2.75) is 86.0 Å². The van der Waals surface area contributed by atoms with E-state index in [4.69, 9.17) is 15.0 Å². The van der Waals surface area contributed by atoms with E-state index in [1.807, 2.05) is 82.8 Å². The minimum Gasteiger partial charge on any atom is -0.347 e. The molecule has 12 heteroatoms. The Balaban J connectivity index is 1.38. The molecule has 348 valence electrons. The van der Waals surface area contributed by atoms with Crippen molar-refractivity contribution in [1.82, 2.24) is 15.0 Å². The van der Waals surface area contributed by atoms with Crippen molar-refractivity contribution in [3.63, 3.8) is 0 Å². The zero-order valence-electron chi connectivity index (χ0n) is 41.5. The molecule has 8 aromatic rings. The maximum absolute atomic E-state index is 15.6. The first-order valence-electron chi connectivity index (χ1n) is 23.7. The largest absolute Gasteiger partial charge is 0.347 e. The monoisotopic (exact) mass is 916 g/mol. The van der Waals surface area contributed by atoms with Crippen molar-refractivity contribution in [3.05, 3.63) is 123 Å². The van der Waals surface area contributed by atoms with Crippen LogP contribution in [-0.2, 0) is 0 Å². The summed E-state index contributed by atoms with van der Waals surface area (Å²) in [4.78, 5) is 82.8. The number of para-hydroxylation sites is 2. The molecule has 0 radical (unpaired) electrons. The molecule has 0 spiro atoms. The highest BCUT2D eigenvalue weighted by Gasteiger charge is 2.42. The molecule has 7 aromatic carbocycles. The molecule has 1 aromatic heterocycles. The molecule has 0 saturated carbocycles. The van der Waals surface area contributed by atoms with Crippen molar-refractivity contribution in [1.29, 1.82) is 5.41 Å². The Kier molecular flexibility index (Phi) is 10.5. The summed E-state index contributed by atoms with van der Waals surface area (Å²) in [5.74, 6) is -0.706. The van der Waals surface area contributed by atoms with E-state index in [0.29, 0.717) is 106 Å². The topological polar surface area (TPSA) is 144 Å². The van der Waals surface area contributed by atoms with Gasteiger partial charge in [0, 0.05) is 83.4 Å². The molecule has 2 aliphatic heterocycles. The summed E-state index contributed by atoms with van der Waals surface area (Å²) >= 11 is 0. The molecule has 0 fully saturated rings. The van der Waals surface area contributed by atoms with Crippen molar-refractivity contribution < 1.29 is 19.2 Å². The van der Waals surface area contributed by atoms with Crippen molar-refractivity contribution in [2.24, 2.45) is 0 Å². The maximum atomic E-state index is 15.6. The van der Waals surface area contributed by atoms with E-state index in [9.17, 15) is 5.41 Å². The lowest BCUT2D eigenvalue weighted by Crippen LogP contribution is -2.42. The Morgan fingerprint density at radius 2 is 0.841 bits per heavy atom. The fraction of sp³-hybridized carbons (Fsp3) is 0.298. The third kappa shape index (κ3) is 6.47. The summed E-state index contributed by atoms with van der Waals surface area (Å²) in [6, 6.07) is 22.9. The van der Waals surface area contributed by atoms with Gasteiger partial charge in [-0.2, -0.15) is 15.0 Å². The number of hydrogen-bond acceptors (Lipinski definition) is 10. The fourth-order valence-corrected chi connectivity index (χ4v) is 10.8. The summed E-state index contributed by atoms with van der Waals surface area (Å²) in [6.07, 6.45) is 0. The summed E-state index contributed by atoms with van der Waals surface area (Å²) in [5.41, 5.74) is 7.29. The van der Waals surface area contributed by atoms with Crippen LogP contribution in [0.15, 0.2) is 72.8 Å². The molecule has 0 unspecified atom stereocenters. The fourth-order valence-electron chi connectivity index (χ4n) is 10.8. The first-order valence-corrected chi connectivity index (χ1v) is 23.7. The Hall–Kier alpha value is -7.60. The standard InChI is InChI=1S/C57H56N8O4/c1-26(2)31-16-14-17-32(27(3)4)49(31)64-52(66)37-23-21-36-44-40(51-59-56(62(10)11)61-57(60-51)63(12)13)25-42-46-38(53(67)65(55(42)69)50-33(28(5)6)18-15-19-34(50)29(7)8)22-20-35(48(44)46)43-39(30(9)58)24-41(54(64)68)45(37)47(36)43/h14-29,58H,1-13H3. The smallest absolute Gasteiger partial charge is 0.266 e. The van der Waals surface area contributed by atoms with Crippen LogP contribution < -0.4 is 19.6 Å². The Morgan fingerprint density at radius 1 is 0.464 bits per heavy atom. The van der Waals surface area contributed by atoms with E-state index in [1.165, 1.54) is 9.80 Å². The molecule has 69 heavy (non-hydrogen) atoms. The number of carbonyl (C=O) groups is 4. The molecule has 1 N–H and O–H groups in total. The highest BCUT2D eigenvalue weighted by molar-refractivity contribution is 6.48. The third-order valence-electron chi connectivity index (χ3n) is 14.0. The van der Waals surface area contributed by atoms with Gasteiger partial charge in [-0.25, -0.2) is 9.80 Å². The van der Waals surface area contributed by atoms with Crippen LogP contribution in [0.5, 0.6) is 0 Å². The highest BCUT2D eigenvalue weighted by atomic mass is 16.2. The minimum atomic E-state index is -0.472. The summed E-state index contributed by atoms with van der Waals surface area (Å²) in [6.45, 7) is 18.2. The van der Waals surface area contributed by atoms with Gasteiger partial charge < -0.3 is 15.2 Å². The van der Waals surface area contributed by atoms with Crippen molar-refractivity contribution in [2.75, 3.05) is 47.8 Å². The maximum Gasteiger partial charge on any atom is 0.266 e. The number of carbonyl (C=O) groups excluding carboxylic acids is 4. The minimum absolute atomic E-state index is 0.000184. The van der Waals surface area contributed by atoms with Crippen molar-refractivity contribution >= 4 is 95.7 Å². The third-order valence-corrected chi connectivity index (χ3v) is 14.0. The number of nitrogens with zero attached hydrogens (tertiary/aromatic N) is 7. The first-order chi connectivity index (χ1) is 32.7. The normalized spacial score (nSPS) is 13.9. The van der Waals surface area contributed by atoms with Crippen LogP contribution in [0.3, 0.4) is 0 Å². The summed E-state index contributed by atoms with van der Waals surface area (Å²) in [5, 5.41) is 14.2. The van der Waals surface area contributed by atoms with E-state index >= 15 is 19.2 Å². The van der Waals surface area contributed by atoms with Gasteiger partial charge in [0.1, 0.15) is 0 Å². The summed E-state index contributed by atoms with van der Waals surface area (Å²) in [7, 11) is 7.40. The van der Waals surface area contributed by atoms with Gasteiger partial charge in [0.05, 0.1) is 11.4 Å². The molecular weight excluding hydrogens is 861 g/mol.